The second-order valence-electron chi connectivity index (χ2n) is 0.0833. The van der Waals surface area contributed by atoms with Crippen LogP contribution in [0.3, 0.4) is 0 Å². The minimum atomic E-state index is -1.42. The summed E-state index contributed by atoms with van der Waals surface area (Å²) in [6.07, 6.45) is 0. The maximum absolute atomic E-state index is 8.40. The Balaban J connectivity index is -0.0000000200. The predicted molar refractivity (Wildman–Crippen MR) is 15.7 cm³/mol. The maximum Gasteiger partial charge on any atom is 0 e. The van der Waals surface area contributed by atoms with Crippen LogP contribution >= 0.6 is 0 Å². The van der Waals surface area contributed by atoms with Gasteiger partial charge in [-0.3, -0.25) is 8.92 Å². The van der Waals surface area contributed by atoms with Crippen molar-refractivity contribution in [2.24, 2.45) is 0 Å². The van der Waals surface area contributed by atoms with E-state index in [-0.39, 0.29) is 60.8 Å². The first-order valence-corrected chi connectivity index (χ1v) is 1.22. The first-order valence-electron chi connectivity index (χ1n) is 0.408. The van der Waals surface area contributed by atoms with Crippen molar-refractivity contribution in [3.63, 3.8) is 0 Å². The molecule has 2 nitrogen and oxygen atoms in total. The summed E-state index contributed by atoms with van der Waals surface area (Å²) >= 11 is 0. The largest absolute Gasteiger partial charge is 0 e. The van der Waals surface area contributed by atoms with E-state index in [9.17, 15) is 0 Å². The van der Waals surface area contributed by atoms with Crippen LogP contribution in [0.2, 0.25) is 0 Å². The fourth-order valence-corrected chi connectivity index (χ4v) is 0. The first kappa shape index (κ1) is 15.8. The van der Waals surface area contributed by atoms with E-state index in [1.807, 2.05) is 0 Å². The zero-order chi connectivity index (χ0) is 2.71. The van der Waals surface area contributed by atoms with Crippen molar-refractivity contribution in [3.05, 3.63) is 0 Å². The molecule has 0 saturated heterocycles. The molecule has 3 radical (unpaired) electrons. The third kappa shape index (κ3) is 25.3. The zero-order valence-electron chi connectivity index (χ0n) is 2.30. The minimum Gasteiger partial charge on any atom is 0 e. The van der Waals surface area contributed by atoms with Crippen molar-refractivity contribution in [3.8, 4) is 0 Å². The number of hydrogen-bond acceptors (Lipinski definition) is 2. The Hall–Kier alpha value is 1.85. The van der Waals surface area contributed by atoms with Crippen molar-refractivity contribution in [1.29, 1.82) is 0 Å². The molecule has 35 valence electrons. The molecule has 0 amide bonds. The van der Waals surface area contributed by atoms with Gasteiger partial charge >= 0.3 is 33.2 Å². The van der Waals surface area contributed by atoms with E-state index in [1.165, 1.54) is 0 Å². The fraction of sp³-hybridized carbons (Fsp3) is 0. The van der Waals surface area contributed by atoms with Gasteiger partial charge in [-0.1, -0.05) is 0 Å². The molecule has 0 fully saturated rings. The van der Waals surface area contributed by atoms with Gasteiger partial charge in [-0.05, 0) is 0 Å². The van der Waals surface area contributed by atoms with Gasteiger partial charge in [-0.2, -0.15) is 0 Å². The van der Waals surface area contributed by atoms with Crippen molar-refractivity contribution >= 4 is 33.2 Å². The Morgan fingerprint density at radius 3 is 1.20 bits per heavy atom. The van der Waals surface area contributed by atoms with Gasteiger partial charge in [-0.25, -0.2) is 0 Å². The Morgan fingerprint density at radius 1 is 1.20 bits per heavy atom. The summed E-state index contributed by atoms with van der Waals surface area (Å²) < 4.78 is 16.8. The summed E-state index contributed by atoms with van der Waals surface area (Å²) in [5.74, 6) is 0. The molecule has 0 unspecified atom stereocenters. The van der Waals surface area contributed by atoms with Crippen LogP contribution in [0.5, 0.6) is 0 Å². The molecule has 0 bridgehead atoms. The van der Waals surface area contributed by atoms with Crippen molar-refractivity contribution in [1.82, 2.24) is 0 Å². The first-order chi connectivity index (χ1) is 1.41. The molecule has 5 heavy (non-hydrogen) atoms. The fourth-order valence-electron chi connectivity index (χ4n) is 0. The molecule has 0 rings (SSSR count). The van der Waals surface area contributed by atoms with Gasteiger partial charge in [0.2, 0.25) is 0 Å². The van der Waals surface area contributed by atoms with Gasteiger partial charge in [0.05, 0.1) is 0 Å². The van der Waals surface area contributed by atoms with E-state index in [1.54, 1.807) is 0 Å². The van der Waals surface area contributed by atoms with Gasteiger partial charge in [0.1, 0.15) is 0 Å². The van der Waals surface area contributed by atoms with Crippen LogP contribution in [0.1, 0.15) is 0 Å². The topological polar surface area (TPSA) is 34.1 Å². The number of rotatable bonds is 0. The monoisotopic (exact) mass is 351 g/mol. The summed E-state index contributed by atoms with van der Waals surface area (Å²) in [6.45, 7) is 0. The molecule has 0 aromatic heterocycles. The average molecular weight is 350 g/mol. The Bertz CT molecular complexity index is 30.6. The quantitative estimate of drug-likeness (QED) is 0.497. The van der Waals surface area contributed by atoms with Crippen molar-refractivity contribution < 1.29 is 45.8 Å². The molecule has 0 heterocycles. The van der Waals surface area contributed by atoms with Gasteiger partial charge in [-0.15, -0.1) is 0 Å². The minimum absolute atomic E-state index is 0. The maximum atomic E-state index is 8.40. The van der Waals surface area contributed by atoms with E-state index >= 15 is 0 Å². The van der Waals surface area contributed by atoms with E-state index in [0.29, 0.717) is 0 Å². The second-order valence-corrected chi connectivity index (χ2v) is 0.250. The number of hydrogen-bond donors (Lipinski definition) is 0. The van der Waals surface area contributed by atoms with Crippen LogP contribution in [-0.2, 0) is 8.92 Å². The van der Waals surface area contributed by atoms with Crippen molar-refractivity contribution in [2.75, 3.05) is 0 Å². The molecule has 0 N–H and O–H groups in total. The SMILES string of the molecule is O=[Si]=O.[SnH2].[Tm]. The summed E-state index contributed by atoms with van der Waals surface area (Å²) in [7, 11) is -1.42. The molecule has 0 aromatic rings. The molecule has 0 aliphatic heterocycles. The van der Waals surface area contributed by atoms with Gasteiger partial charge in [0.25, 0.3) is 0 Å². The van der Waals surface area contributed by atoms with Gasteiger partial charge in [0, 0.05) is 36.9 Å². The standard InChI is InChI=1S/O2Si.Sn.Tm.2H/c1-3-2;;;;. The van der Waals surface area contributed by atoms with Crippen LogP contribution in [0.25, 0.3) is 0 Å². The summed E-state index contributed by atoms with van der Waals surface area (Å²) in [6, 6.07) is 0. The Labute approximate surface area is 77.8 Å². The van der Waals surface area contributed by atoms with Crippen LogP contribution in [0, 0.1) is 36.9 Å². The third-order valence-corrected chi connectivity index (χ3v) is 0. The van der Waals surface area contributed by atoms with Crippen molar-refractivity contribution in [2.45, 2.75) is 0 Å². The van der Waals surface area contributed by atoms with Crippen LogP contribution in [0.15, 0.2) is 0 Å². The molecule has 0 aromatic carbocycles. The smallest absolute Gasteiger partial charge is 0 e. The van der Waals surface area contributed by atoms with Gasteiger partial charge < -0.3 is 0 Å². The van der Waals surface area contributed by atoms with E-state index < -0.39 is 9.29 Å². The molecular weight excluding hydrogens is 348 g/mol. The summed E-state index contributed by atoms with van der Waals surface area (Å²) in [5.41, 5.74) is 0. The third-order valence-electron chi connectivity index (χ3n) is 0. The predicted octanol–water partition coefficient (Wildman–Crippen LogP) is -1.53. The van der Waals surface area contributed by atoms with Crippen LogP contribution < -0.4 is 0 Å². The molecule has 0 saturated carbocycles. The normalized spacial score (nSPS) is 1.60. The van der Waals surface area contributed by atoms with Crippen LogP contribution in [-0.4, -0.2) is 33.2 Å². The Morgan fingerprint density at radius 2 is 1.20 bits per heavy atom. The molecule has 0 aliphatic rings. The van der Waals surface area contributed by atoms with Crippen LogP contribution in [0.4, 0.5) is 0 Å². The molecule has 5 heteroatoms. The van der Waals surface area contributed by atoms with E-state index in [2.05, 4.69) is 0 Å². The zero-order valence-corrected chi connectivity index (χ0v) is 9.12. The van der Waals surface area contributed by atoms with Gasteiger partial charge in [0.15, 0.2) is 0 Å². The molecule has 0 spiro atoms. The Kier molecular flexibility index (Phi) is 53.6. The molecule has 0 aliphatic carbocycles. The van der Waals surface area contributed by atoms with E-state index in [0.717, 1.165) is 0 Å². The second kappa shape index (κ2) is 16.9. The molecule has 0 atom stereocenters. The molecular formula is H2O2SiSnTm. The summed E-state index contributed by atoms with van der Waals surface area (Å²) in [5, 5.41) is 0. The average Bonchev–Trinajstić information content (AvgIpc) is 0.918. The van der Waals surface area contributed by atoms with E-state index in [4.69, 9.17) is 8.92 Å². The summed E-state index contributed by atoms with van der Waals surface area (Å²) in [4.78, 5) is 0.